The van der Waals surface area contributed by atoms with Gasteiger partial charge in [0, 0.05) is 0 Å². The fourth-order valence-electron chi connectivity index (χ4n) is 1.33. The number of allylic oxidation sites excluding steroid dienone is 1. The second-order valence-corrected chi connectivity index (χ2v) is 3.58. The highest BCUT2D eigenvalue weighted by Gasteiger charge is 2.29. The quantitative estimate of drug-likeness (QED) is 0.633. The Balaban J connectivity index is 2.52. The van der Waals surface area contributed by atoms with Crippen LogP contribution < -0.4 is 0 Å². The molecule has 1 aromatic carbocycles. The number of benzene rings is 1. The summed E-state index contributed by atoms with van der Waals surface area (Å²) >= 11 is 0. The number of aliphatic hydroxyl groups is 2. The Labute approximate surface area is 97.0 Å². The van der Waals surface area contributed by atoms with Crippen LogP contribution in [-0.4, -0.2) is 16.5 Å². The maximum Gasteiger partial charge on any atom is 0.416 e. The van der Waals surface area contributed by atoms with Crippen LogP contribution in [0.5, 0.6) is 0 Å². The third-order valence-electron chi connectivity index (χ3n) is 2.19. The van der Waals surface area contributed by atoms with Gasteiger partial charge in [0.2, 0.25) is 0 Å². The Morgan fingerprint density at radius 1 is 1.12 bits per heavy atom. The second kappa shape index (κ2) is 5.84. The van der Waals surface area contributed by atoms with Crippen LogP contribution in [0.2, 0.25) is 0 Å². The van der Waals surface area contributed by atoms with E-state index in [0.717, 1.165) is 17.7 Å². The van der Waals surface area contributed by atoms with Crippen LogP contribution in [0.15, 0.2) is 36.4 Å². The molecule has 0 spiro atoms. The molecule has 0 bridgehead atoms. The van der Waals surface area contributed by atoms with Gasteiger partial charge in [-0.3, -0.25) is 0 Å². The number of alkyl halides is 3. The number of rotatable bonds is 4. The van der Waals surface area contributed by atoms with Crippen molar-refractivity contribution >= 4 is 0 Å². The minimum Gasteiger partial charge on any atom is -0.365 e. The average molecular weight is 246 g/mol. The van der Waals surface area contributed by atoms with Gasteiger partial charge < -0.3 is 10.2 Å². The normalized spacial score (nSPS) is 12.6. The van der Waals surface area contributed by atoms with Crippen LogP contribution in [0.1, 0.15) is 17.5 Å². The van der Waals surface area contributed by atoms with Gasteiger partial charge in [0.1, 0.15) is 0 Å². The average Bonchev–Trinajstić information content (AvgIpc) is 2.23. The van der Waals surface area contributed by atoms with Crippen molar-refractivity contribution in [1.82, 2.24) is 0 Å². The van der Waals surface area contributed by atoms with Gasteiger partial charge in [-0.15, -0.1) is 0 Å². The van der Waals surface area contributed by atoms with Gasteiger partial charge in [0.05, 0.1) is 5.56 Å². The fourth-order valence-corrected chi connectivity index (χ4v) is 1.33. The zero-order valence-corrected chi connectivity index (χ0v) is 8.98. The molecule has 17 heavy (non-hydrogen) atoms. The molecule has 0 atom stereocenters. The van der Waals surface area contributed by atoms with Crippen molar-refractivity contribution in [2.45, 2.75) is 25.3 Å². The molecule has 0 amide bonds. The van der Waals surface area contributed by atoms with Crippen molar-refractivity contribution in [2.75, 3.05) is 0 Å². The van der Waals surface area contributed by atoms with Crippen LogP contribution >= 0.6 is 0 Å². The van der Waals surface area contributed by atoms with Gasteiger partial charge in [0.15, 0.2) is 6.29 Å². The zero-order chi connectivity index (χ0) is 12.9. The summed E-state index contributed by atoms with van der Waals surface area (Å²) in [6.07, 6.45) is -1.90. The molecule has 2 nitrogen and oxygen atoms in total. The first kappa shape index (κ1) is 13.7. The Hall–Kier alpha value is -1.33. The summed E-state index contributed by atoms with van der Waals surface area (Å²) in [4.78, 5) is 0. The molecule has 0 saturated heterocycles. The second-order valence-electron chi connectivity index (χ2n) is 3.58. The Morgan fingerprint density at radius 3 is 2.18 bits per heavy atom. The molecule has 94 valence electrons. The third-order valence-corrected chi connectivity index (χ3v) is 2.19. The number of halogens is 3. The Bertz CT molecular complexity index is 366. The highest BCUT2D eigenvalue weighted by Crippen LogP contribution is 2.29. The van der Waals surface area contributed by atoms with E-state index in [4.69, 9.17) is 10.2 Å². The predicted molar refractivity (Wildman–Crippen MR) is 57.1 cm³/mol. The van der Waals surface area contributed by atoms with E-state index >= 15 is 0 Å². The van der Waals surface area contributed by atoms with Gasteiger partial charge in [-0.05, 0) is 36.6 Å². The molecule has 1 aromatic rings. The van der Waals surface area contributed by atoms with Crippen molar-refractivity contribution in [3.63, 3.8) is 0 Å². The van der Waals surface area contributed by atoms with E-state index < -0.39 is 18.0 Å². The lowest BCUT2D eigenvalue weighted by Gasteiger charge is -2.06. The molecule has 0 saturated carbocycles. The van der Waals surface area contributed by atoms with Crippen molar-refractivity contribution in [3.8, 4) is 0 Å². The van der Waals surface area contributed by atoms with E-state index in [2.05, 4.69) is 0 Å². The molecule has 0 fully saturated rings. The topological polar surface area (TPSA) is 40.5 Å². The molecular formula is C12H13F3O2. The first-order valence-corrected chi connectivity index (χ1v) is 5.08. The fraction of sp³-hybridized carbons (Fsp3) is 0.333. The van der Waals surface area contributed by atoms with Crippen molar-refractivity contribution in [2.24, 2.45) is 0 Å². The summed E-state index contributed by atoms with van der Waals surface area (Å²) in [5, 5.41) is 17.0. The molecule has 0 radical (unpaired) electrons. The van der Waals surface area contributed by atoms with E-state index in [1.54, 1.807) is 6.08 Å². The molecule has 0 heterocycles. The first-order valence-electron chi connectivity index (χ1n) is 5.08. The Kier molecular flexibility index (Phi) is 4.72. The molecule has 0 aliphatic heterocycles. The summed E-state index contributed by atoms with van der Waals surface area (Å²) < 4.78 is 36.7. The number of aliphatic hydroxyl groups excluding tert-OH is 1. The van der Waals surface area contributed by atoms with E-state index in [9.17, 15) is 13.2 Å². The molecule has 0 aliphatic rings. The van der Waals surface area contributed by atoms with Gasteiger partial charge in [-0.2, -0.15) is 13.2 Å². The summed E-state index contributed by atoms with van der Waals surface area (Å²) in [5.74, 6) is 0. The summed E-state index contributed by atoms with van der Waals surface area (Å²) in [7, 11) is 0. The van der Waals surface area contributed by atoms with Gasteiger partial charge in [0.25, 0.3) is 0 Å². The molecule has 2 N–H and O–H groups in total. The highest BCUT2D eigenvalue weighted by atomic mass is 19.4. The Morgan fingerprint density at radius 2 is 1.71 bits per heavy atom. The molecule has 1 rings (SSSR count). The largest absolute Gasteiger partial charge is 0.416 e. The van der Waals surface area contributed by atoms with E-state index in [1.165, 1.54) is 18.2 Å². The van der Waals surface area contributed by atoms with E-state index in [1.807, 2.05) is 0 Å². The molecule has 0 aromatic heterocycles. The lowest BCUT2D eigenvalue weighted by molar-refractivity contribution is -0.137. The zero-order valence-electron chi connectivity index (χ0n) is 8.98. The van der Waals surface area contributed by atoms with E-state index in [0.29, 0.717) is 12.8 Å². The van der Waals surface area contributed by atoms with Crippen LogP contribution in [0.4, 0.5) is 13.2 Å². The van der Waals surface area contributed by atoms with Gasteiger partial charge >= 0.3 is 6.18 Å². The monoisotopic (exact) mass is 246 g/mol. The van der Waals surface area contributed by atoms with Gasteiger partial charge in [-0.25, -0.2) is 0 Å². The van der Waals surface area contributed by atoms with Crippen molar-refractivity contribution in [1.29, 1.82) is 0 Å². The third kappa shape index (κ3) is 5.01. The van der Waals surface area contributed by atoms with Crippen LogP contribution in [0.25, 0.3) is 0 Å². The van der Waals surface area contributed by atoms with Gasteiger partial charge in [-0.1, -0.05) is 18.2 Å². The van der Waals surface area contributed by atoms with Crippen LogP contribution in [-0.2, 0) is 12.6 Å². The lowest BCUT2D eigenvalue weighted by Crippen LogP contribution is -2.04. The maximum absolute atomic E-state index is 12.2. The summed E-state index contributed by atoms with van der Waals surface area (Å²) in [5.41, 5.74) is 0.109. The van der Waals surface area contributed by atoms with E-state index in [-0.39, 0.29) is 0 Å². The predicted octanol–water partition coefficient (Wildman–Crippen LogP) is 2.50. The van der Waals surface area contributed by atoms with Crippen molar-refractivity contribution in [3.05, 3.63) is 47.5 Å². The molecule has 0 aliphatic carbocycles. The standard InChI is InChI=1S/C12H13F3O2/c13-12(14,15)10-7-5-9(6-8-10)3-1-2-4-11(16)17/h2,4-8,11,16-17H,1,3H2/b4-2+. The first-order chi connectivity index (χ1) is 7.89. The SMILES string of the molecule is OC(O)/C=C/CCc1ccc(C(F)(F)F)cc1. The summed E-state index contributed by atoms with van der Waals surface area (Å²) in [6.45, 7) is 0. The lowest BCUT2D eigenvalue weighted by atomic mass is 10.1. The smallest absolute Gasteiger partial charge is 0.365 e. The highest BCUT2D eigenvalue weighted by molar-refractivity contribution is 5.24. The van der Waals surface area contributed by atoms with Crippen LogP contribution in [0, 0.1) is 0 Å². The molecule has 0 unspecified atom stereocenters. The number of aryl methyl sites for hydroxylation is 1. The summed E-state index contributed by atoms with van der Waals surface area (Å²) in [6, 6.07) is 4.93. The van der Waals surface area contributed by atoms with Crippen molar-refractivity contribution < 1.29 is 23.4 Å². The van der Waals surface area contributed by atoms with Crippen LogP contribution in [0.3, 0.4) is 0 Å². The minimum absolute atomic E-state index is 0.545. The minimum atomic E-state index is -4.31. The number of hydrogen-bond acceptors (Lipinski definition) is 2. The number of hydrogen-bond donors (Lipinski definition) is 2. The maximum atomic E-state index is 12.2. The molecule has 5 heteroatoms. The molecular weight excluding hydrogens is 233 g/mol.